The van der Waals surface area contributed by atoms with Crippen molar-refractivity contribution in [1.82, 2.24) is 19.6 Å². The molecule has 0 aliphatic heterocycles. The number of aryl methyl sites for hydroxylation is 1. The van der Waals surface area contributed by atoms with Gasteiger partial charge in [-0.15, -0.1) is 11.3 Å². The molecule has 0 unspecified atom stereocenters. The van der Waals surface area contributed by atoms with E-state index in [0.717, 1.165) is 23.0 Å². The maximum absolute atomic E-state index is 4.43. The molecule has 0 atom stereocenters. The molecule has 86 valence electrons. The zero-order valence-electron chi connectivity index (χ0n) is 9.29. The molecule has 3 aromatic rings. The molecule has 0 saturated carbocycles. The van der Waals surface area contributed by atoms with Gasteiger partial charge in [0.15, 0.2) is 5.65 Å². The van der Waals surface area contributed by atoms with E-state index in [1.807, 2.05) is 31.5 Å². The Morgan fingerprint density at radius 2 is 2.35 bits per heavy atom. The fourth-order valence-electron chi connectivity index (χ4n) is 1.58. The summed E-state index contributed by atoms with van der Waals surface area (Å²) in [5.41, 5.74) is 0.843. The van der Waals surface area contributed by atoms with Gasteiger partial charge in [0.05, 0.1) is 17.7 Å². The van der Waals surface area contributed by atoms with E-state index in [1.54, 1.807) is 22.0 Å². The summed E-state index contributed by atoms with van der Waals surface area (Å²) < 4.78 is 1.74. The van der Waals surface area contributed by atoms with E-state index in [-0.39, 0.29) is 0 Å². The van der Waals surface area contributed by atoms with Crippen LogP contribution in [0, 0.1) is 6.92 Å². The number of hydrogen-bond acceptors (Lipinski definition) is 5. The van der Waals surface area contributed by atoms with Gasteiger partial charge in [-0.25, -0.2) is 14.5 Å². The van der Waals surface area contributed by atoms with Crippen LogP contribution in [0.4, 0.5) is 5.82 Å². The number of rotatable bonds is 3. The summed E-state index contributed by atoms with van der Waals surface area (Å²) in [6.07, 6.45) is 5.52. The third-order valence-electron chi connectivity index (χ3n) is 2.37. The van der Waals surface area contributed by atoms with Gasteiger partial charge in [-0.1, -0.05) is 0 Å². The first-order valence-corrected chi connectivity index (χ1v) is 6.08. The number of anilines is 1. The Balaban J connectivity index is 1.76. The molecule has 3 aromatic heterocycles. The second-order valence-electron chi connectivity index (χ2n) is 3.65. The van der Waals surface area contributed by atoms with Crippen LogP contribution in [0.15, 0.2) is 30.7 Å². The molecule has 0 saturated heterocycles. The number of nitrogens with zero attached hydrogens (tertiary/aromatic N) is 4. The monoisotopic (exact) mass is 245 g/mol. The molecule has 0 bridgehead atoms. The Bertz CT molecular complexity index is 642. The van der Waals surface area contributed by atoms with E-state index < -0.39 is 0 Å². The van der Waals surface area contributed by atoms with Crippen molar-refractivity contribution in [3.05, 3.63) is 40.6 Å². The van der Waals surface area contributed by atoms with Gasteiger partial charge in [-0.3, -0.25) is 0 Å². The van der Waals surface area contributed by atoms with Crippen LogP contribution in [0.25, 0.3) is 5.65 Å². The standard InChI is InChI=1S/C11H11N5S/c1-8-12-6-9(17-8)7-13-10-3-5-16-11(15-10)2-4-14-16/h2-6H,7H2,1H3,(H,13,15). The minimum Gasteiger partial charge on any atom is -0.365 e. The van der Waals surface area contributed by atoms with Gasteiger partial charge in [0, 0.05) is 23.3 Å². The number of thiazole rings is 1. The first-order chi connectivity index (χ1) is 8.31. The van der Waals surface area contributed by atoms with Crippen molar-refractivity contribution in [2.75, 3.05) is 5.32 Å². The van der Waals surface area contributed by atoms with Gasteiger partial charge in [-0.05, 0) is 13.0 Å². The quantitative estimate of drug-likeness (QED) is 0.767. The van der Waals surface area contributed by atoms with Crippen LogP contribution >= 0.6 is 11.3 Å². The zero-order valence-corrected chi connectivity index (χ0v) is 10.1. The molecule has 3 rings (SSSR count). The van der Waals surface area contributed by atoms with E-state index in [1.165, 1.54) is 4.88 Å². The summed E-state index contributed by atoms with van der Waals surface area (Å²) in [6, 6.07) is 3.79. The molecule has 1 N–H and O–H groups in total. The molecule has 0 spiro atoms. The van der Waals surface area contributed by atoms with Crippen molar-refractivity contribution < 1.29 is 0 Å². The molecule has 17 heavy (non-hydrogen) atoms. The van der Waals surface area contributed by atoms with E-state index in [9.17, 15) is 0 Å². The average Bonchev–Trinajstić information content (AvgIpc) is 2.94. The molecular formula is C11H11N5S. The smallest absolute Gasteiger partial charge is 0.157 e. The Hall–Kier alpha value is -1.95. The van der Waals surface area contributed by atoms with Crippen molar-refractivity contribution in [3.8, 4) is 0 Å². The van der Waals surface area contributed by atoms with Crippen LogP contribution in [0.3, 0.4) is 0 Å². The lowest BCUT2D eigenvalue weighted by atomic mass is 10.5. The Morgan fingerprint density at radius 3 is 3.18 bits per heavy atom. The van der Waals surface area contributed by atoms with E-state index in [0.29, 0.717) is 0 Å². The maximum atomic E-state index is 4.43. The van der Waals surface area contributed by atoms with Crippen molar-refractivity contribution >= 4 is 22.8 Å². The number of aromatic nitrogens is 4. The normalized spacial score (nSPS) is 10.9. The van der Waals surface area contributed by atoms with E-state index in [4.69, 9.17) is 0 Å². The van der Waals surface area contributed by atoms with E-state index >= 15 is 0 Å². The predicted molar refractivity (Wildman–Crippen MR) is 67.2 cm³/mol. The van der Waals surface area contributed by atoms with E-state index in [2.05, 4.69) is 20.4 Å². The third-order valence-corrected chi connectivity index (χ3v) is 3.28. The van der Waals surface area contributed by atoms with Crippen molar-refractivity contribution in [2.24, 2.45) is 0 Å². The van der Waals surface area contributed by atoms with Gasteiger partial charge in [-0.2, -0.15) is 5.10 Å². The average molecular weight is 245 g/mol. The van der Waals surface area contributed by atoms with Gasteiger partial charge >= 0.3 is 0 Å². The lowest BCUT2D eigenvalue weighted by Crippen LogP contribution is -2.01. The minimum atomic E-state index is 0.753. The Labute approximate surface area is 102 Å². The fraction of sp³-hybridized carbons (Fsp3) is 0.182. The van der Waals surface area contributed by atoms with Crippen LogP contribution < -0.4 is 5.32 Å². The maximum Gasteiger partial charge on any atom is 0.157 e. The highest BCUT2D eigenvalue weighted by atomic mass is 32.1. The van der Waals surface area contributed by atoms with Crippen LogP contribution in [-0.4, -0.2) is 19.6 Å². The van der Waals surface area contributed by atoms with Crippen molar-refractivity contribution in [3.63, 3.8) is 0 Å². The van der Waals surface area contributed by atoms with Gasteiger partial charge < -0.3 is 5.32 Å². The fourth-order valence-corrected chi connectivity index (χ4v) is 2.31. The number of fused-ring (bicyclic) bond motifs is 1. The molecule has 0 fully saturated rings. The summed E-state index contributed by atoms with van der Waals surface area (Å²) in [7, 11) is 0. The first-order valence-electron chi connectivity index (χ1n) is 5.27. The molecule has 0 aliphatic rings. The summed E-state index contributed by atoms with van der Waals surface area (Å²) in [6.45, 7) is 2.76. The molecule has 0 amide bonds. The highest BCUT2D eigenvalue weighted by Crippen LogP contribution is 2.13. The Morgan fingerprint density at radius 1 is 1.41 bits per heavy atom. The molecule has 5 nitrogen and oxygen atoms in total. The predicted octanol–water partition coefficient (Wildman–Crippen LogP) is 2.11. The minimum absolute atomic E-state index is 0.753. The highest BCUT2D eigenvalue weighted by Gasteiger charge is 2.00. The second-order valence-corrected chi connectivity index (χ2v) is 4.97. The Kier molecular flexibility index (Phi) is 2.49. The molecule has 0 aromatic carbocycles. The number of nitrogens with one attached hydrogen (secondary N) is 1. The van der Waals surface area contributed by atoms with Crippen molar-refractivity contribution in [2.45, 2.75) is 13.5 Å². The van der Waals surface area contributed by atoms with Crippen LogP contribution in [0.5, 0.6) is 0 Å². The largest absolute Gasteiger partial charge is 0.365 e. The van der Waals surface area contributed by atoms with Gasteiger partial charge in [0.25, 0.3) is 0 Å². The summed E-state index contributed by atoms with van der Waals surface area (Å²) >= 11 is 1.69. The molecular weight excluding hydrogens is 234 g/mol. The zero-order chi connectivity index (χ0) is 11.7. The molecule has 3 heterocycles. The second kappa shape index (κ2) is 4.14. The summed E-state index contributed by atoms with van der Waals surface area (Å²) in [5.74, 6) is 0.851. The number of hydrogen-bond donors (Lipinski definition) is 1. The first kappa shape index (κ1) is 10.2. The molecule has 0 radical (unpaired) electrons. The molecule has 0 aliphatic carbocycles. The summed E-state index contributed by atoms with van der Waals surface area (Å²) in [5, 5.41) is 8.46. The summed E-state index contributed by atoms with van der Waals surface area (Å²) in [4.78, 5) is 9.85. The topological polar surface area (TPSA) is 55.1 Å². The molecule has 6 heteroatoms. The lowest BCUT2D eigenvalue weighted by molar-refractivity contribution is 0.937. The van der Waals surface area contributed by atoms with Crippen LogP contribution in [0.1, 0.15) is 9.88 Å². The third kappa shape index (κ3) is 2.12. The SMILES string of the molecule is Cc1ncc(CNc2ccn3nccc3n2)s1. The highest BCUT2D eigenvalue weighted by molar-refractivity contribution is 7.11. The van der Waals surface area contributed by atoms with Gasteiger partial charge in [0.1, 0.15) is 5.82 Å². The lowest BCUT2D eigenvalue weighted by Gasteiger charge is -2.03. The van der Waals surface area contributed by atoms with Crippen LogP contribution in [-0.2, 0) is 6.54 Å². The van der Waals surface area contributed by atoms with Crippen molar-refractivity contribution in [1.29, 1.82) is 0 Å². The van der Waals surface area contributed by atoms with Crippen LogP contribution in [0.2, 0.25) is 0 Å². The van der Waals surface area contributed by atoms with Gasteiger partial charge in [0.2, 0.25) is 0 Å².